The maximum absolute atomic E-state index is 12.4. The summed E-state index contributed by atoms with van der Waals surface area (Å²) in [5, 5.41) is 11.1. The van der Waals surface area contributed by atoms with Gasteiger partial charge in [0.1, 0.15) is 5.56 Å². The summed E-state index contributed by atoms with van der Waals surface area (Å²) in [7, 11) is 1.49. The minimum absolute atomic E-state index is 0.0881. The Morgan fingerprint density at radius 2 is 2.05 bits per heavy atom. The van der Waals surface area contributed by atoms with Crippen molar-refractivity contribution < 1.29 is 9.53 Å². The molecule has 2 rings (SSSR count). The Bertz CT molecular complexity index is 583. The van der Waals surface area contributed by atoms with Crippen molar-refractivity contribution >= 4 is 5.91 Å². The van der Waals surface area contributed by atoms with Crippen LogP contribution in [0.4, 0.5) is 0 Å². The van der Waals surface area contributed by atoms with Crippen molar-refractivity contribution in [3.8, 4) is 5.88 Å². The van der Waals surface area contributed by atoms with Crippen LogP contribution >= 0.6 is 0 Å². The highest BCUT2D eigenvalue weighted by Gasteiger charge is 2.20. The van der Waals surface area contributed by atoms with E-state index in [9.17, 15) is 4.79 Å². The highest BCUT2D eigenvalue weighted by molar-refractivity contribution is 5.96. The molecule has 0 aliphatic rings. The van der Waals surface area contributed by atoms with Crippen molar-refractivity contribution in [3.63, 3.8) is 0 Å². The third-order valence-electron chi connectivity index (χ3n) is 3.16. The van der Waals surface area contributed by atoms with E-state index < -0.39 is 0 Å². The lowest BCUT2D eigenvalue weighted by Crippen LogP contribution is -2.42. The van der Waals surface area contributed by atoms with E-state index >= 15 is 0 Å². The van der Waals surface area contributed by atoms with Crippen molar-refractivity contribution in [3.05, 3.63) is 36.3 Å². The van der Waals surface area contributed by atoms with Gasteiger partial charge in [-0.15, -0.1) is 0 Å². The second kappa shape index (κ2) is 6.83. The fourth-order valence-electron chi connectivity index (χ4n) is 1.91. The molecular formula is C14H19N5O2. The number of rotatable bonds is 6. The lowest BCUT2D eigenvalue weighted by molar-refractivity contribution is 0.0914. The zero-order valence-electron chi connectivity index (χ0n) is 12.4. The summed E-state index contributed by atoms with van der Waals surface area (Å²) in [4.78, 5) is 18.0. The van der Waals surface area contributed by atoms with Gasteiger partial charge in [0.25, 0.3) is 5.91 Å². The molecule has 7 heteroatoms. The molecule has 0 saturated heterocycles. The lowest BCUT2D eigenvalue weighted by atomic mass is 10.0. The number of hydrogen-bond acceptors (Lipinski definition) is 5. The van der Waals surface area contributed by atoms with Crippen molar-refractivity contribution in [1.29, 1.82) is 0 Å². The minimum atomic E-state index is -0.217. The van der Waals surface area contributed by atoms with E-state index in [1.165, 1.54) is 7.11 Å². The lowest BCUT2D eigenvalue weighted by Gasteiger charge is -2.22. The second-order valence-corrected chi connectivity index (χ2v) is 4.97. The molecule has 0 radical (unpaired) electrons. The van der Waals surface area contributed by atoms with Crippen molar-refractivity contribution in [1.82, 2.24) is 25.3 Å². The van der Waals surface area contributed by atoms with Crippen molar-refractivity contribution in [2.24, 2.45) is 5.92 Å². The van der Waals surface area contributed by atoms with E-state index in [0.717, 1.165) is 0 Å². The van der Waals surface area contributed by atoms with Crippen LogP contribution in [0.5, 0.6) is 5.88 Å². The molecule has 2 aromatic rings. The molecule has 0 aliphatic carbocycles. The number of methoxy groups -OCH3 is 1. The Kier molecular flexibility index (Phi) is 4.86. The summed E-state index contributed by atoms with van der Waals surface area (Å²) in [6, 6.07) is 3.30. The van der Waals surface area contributed by atoms with Gasteiger partial charge in [0, 0.05) is 6.20 Å². The molecule has 0 aromatic carbocycles. The van der Waals surface area contributed by atoms with Crippen LogP contribution in [-0.2, 0) is 6.54 Å². The van der Waals surface area contributed by atoms with Gasteiger partial charge in [-0.2, -0.15) is 15.0 Å². The van der Waals surface area contributed by atoms with Crippen LogP contribution in [0.25, 0.3) is 0 Å². The van der Waals surface area contributed by atoms with Gasteiger partial charge >= 0.3 is 0 Å². The van der Waals surface area contributed by atoms with Gasteiger partial charge in [0.2, 0.25) is 5.88 Å². The predicted molar refractivity (Wildman–Crippen MR) is 76.9 cm³/mol. The molecule has 1 unspecified atom stereocenters. The van der Waals surface area contributed by atoms with Gasteiger partial charge in [-0.3, -0.25) is 4.79 Å². The first kappa shape index (κ1) is 15.0. The van der Waals surface area contributed by atoms with Crippen LogP contribution in [0.2, 0.25) is 0 Å². The van der Waals surface area contributed by atoms with Gasteiger partial charge in [-0.05, 0) is 18.1 Å². The molecule has 7 nitrogen and oxygen atoms in total. The molecule has 2 heterocycles. The third kappa shape index (κ3) is 3.77. The van der Waals surface area contributed by atoms with Crippen LogP contribution in [0.1, 0.15) is 24.2 Å². The van der Waals surface area contributed by atoms with Crippen LogP contribution in [0, 0.1) is 5.92 Å². The first-order valence-electron chi connectivity index (χ1n) is 6.75. The zero-order chi connectivity index (χ0) is 15.2. The summed E-state index contributed by atoms with van der Waals surface area (Å²) in [5.74, 6) is 0.336. The quantitative estimate of drug-likeness (QED) is 0.862. The van der Waals surface area contributed by atoms with E-state index in [2.05, 4.69) is 20.5 Å². The summed E-state index contributed by atoms with van der Waals surface area (Å²) < 4.78 is 5.11. The molecule has 1 amide bonds. The SMILES string of the molecule is COc1ncccc1C(=O)NC(Cn1nccn1)C(C)C. The van der Waals surface area contributed by atoms with Crippen LogP contribution < -0.4 is 10.1 Å². The number of pyridine rings is 1. The van der Waals surface area contributed by atoms with E-state index in [0.29, 0.717) is 18.0 Å². The van der Waals surface area contributed by atoms with Gasteiger partial charge in [0.05, 0.1) is 32.1 Å². The Morgan fingerprint density at radius 1 is 1.33 bits per heavy atom. The maximum Gasteiger partial charge on any atom is 0.257 e. The minimum Gasteiger partial charge on any atom is -0.480 e. The third-order valence-corrected chi connectivity index (χ3v) is 3.16. The molecule has 112 valence electrons. The van der Waals surface area contributed by atoms with Crippen molar-refractivity contribution in [2.75, 3.05) is 7.11 Å². The molecule has 0 bridgehead atoms. The summed E-state index contributed by atoms with van der Waals surface area (Å²) >= 11 is 0. The van der Waals surface area contributed by atoms with E-state index in [-0.39, 0.29) is 17.9 Å². The molecule has 0 fully saturated rings. The first-order chi connectivity index (χ1) is 10.1. The Morgan fingerprint density at radius 3 is 2.67 bits per heavy atom. The topological polar surface area (TPSA) is 81.9 Å². The number of carbonyl (C=O) groups excluding carboxylic acids is 1. The number of nitrogens with one attached hydrogen (secondary N) is 1. The summed E-state index contributed by atoms with van der Waals surface area (Å²) in [6.07, 6.45) is 4.82. The maximum atomic E-state index is 12.4. The molecule has 21 heavy (non-hydrogen) atoms. The Labute approximate surface area is 123 Å². The highest BCUT2D eigenvalue weighted by atomic mass is 16.5. The van der Waals surface area contributed by atoms with Gasteiger partial charge < -0.3 is 10.1 Å². The fraction of sp³-hybridized carbons (Fsp3) is 0.429. The monoisotopic (exact) mass is 289 g/mol. The number of aromatic nitrogens is 4. The average molecular weight is 289 g/mol. The van der Waals surface area contributed by atoms with Crippen LogP contribution in [0.3, 0.4) is 0 Å². The normalized spacial score (nSPS) is 12.2. The molecule has 2 aromatic heterocycles. The largest absolute Gasteiger partial charge is 0.480 e. The number of amides is 1. The molecular weight excluding hydrogens is 270 g/mol. The van der Waals surface area contributed by atoms with Gasteiger partial charge in [-0.1, -0.05) is 13.8 Å². The Hall–Kier alpha value is -2.44. The van der Waals surface area contributed by atoms with Crippen LogP contribution in [0.15, 0.2) is 30.7 Å². The highest BCUT2D eigenvalue weighted by Crippen LogP contribution is 2.14. The standard InChI is InChI=1S/C14H19N5O2/c1-10(2)12(9-19-16-7-8-17-19)18-13(20)11-5-4-6-15-14(11)21-3/h4-8,10,12H,9H2,1-3H3,(H,18,20). The Balaban J connectivity index is 2.11. The number of hydrogen-bond donors (Lipinski definition) is 1. The molecule has 0 aliphatic heterocycles. The predicted octanol–water partition coefficient (Wildman–Crippen LogP) is 1.14. The van der Waals surface area contributed by atoms with Crippen molar-refractivity contribution in [2.45, 2.75) is 26.4 Å². The molecule has 0 saturated carbocycles. The van der Waals surface area contributed by atoms with Gasteiger partial charge in [-0.25, -0.2) is 4.98 Å². The first-order valence-corrected chi connectivity index (χ1v) is 6.75. The fourth-order valence-corrected chi connectivity index (χ4v) is 1.91. The summed E-state index contributed by atoms with van der Waals surface area (Å²) in [5.41, 5.74) is 0.416. The van der Waals surface area contributed by atoms with Gasteiger partial charge in [0.15, 0.2) is 0 Å². The number of ether oxygens (including phenoxy) is 1. The van der Waals surface area contributed by atoms with E-state index in [1.54, 1.807) is 35.5 Å². The molecule has 0 spiro atoms. The molecule has 1 N–H and O–H groups in total. The average Bonchev–Trinajstić information content (AvgIpc) is 2.99. The van der Waals surface area contributed by atoms with E-state index in [1.807, 2.05) is 13.8 Å². The smallest absolute Gasteiger partial charge is 0.257 e. The number of nitrogens with zero attached hydrogens (tertiary/aromatic N) is 4. The summed E-state index contributed by atoms with van der Waals surface area (Å²) in [6.45, 7) is 4.59. The second-order valence-electron chi connectivity index (χ2n) is 4.97. The van der Waals surface area contributed by atoms with E-state index in [4.69, 9.17) is 4.74 Å². The zero-order valence-corrected chi connectivity index (χ0v) is 12.4. The molecule has 1 atom stereocenters. The number of carbonyl (C=O) groups is 1. The van der Waals surface area contributed by atoms with Crippen LogP contribution in [-0.4, -0.2) is 39.0 Å².